The van der Waals surface area contributed by atoms with Crippen LogP contribution in [0.2, 0.25) is 0 Å². The smallest absolute Gasteiger partial charge is 0.273 e. The summed E-state index contributed by atoms with van der Waals surface area (Å²) in [7, 11) is 0. The topological polar surface area (TPSA) is 74.6 Å². The molecular weight excluding hydrogens is 448 g/mol. The summed E-state index contributed by atoms with van der Waals surface area (Å²) in [6.07, 6.45) is 1.81. The van der Waals surface area contributed by atoms with E-state index in [1.54, 1.807) is 10.9 Å². The summed E-state index contributed by atoms with van der Waals surface area (Å²) < 4.78 is 2.03. The predicted octanol–water partition coefficient (Wildman–Crippen LogP) is 2.76. The summed E-state index contributed by atoms with van der Waals surface area (Å²) in [6.45, 7) is 4.52. The van der Waals surface area contributed by atoms with Crippen LogP contribution in [0.1, 0.15) is 20.8 Å². The molecular formula is C25H24N6O2S. The van der Waals surface area contributed by atoms with Crippen molar-refractivity contribution in [3.8, 4) is 5.69 Å². The lowest BCUT2D eigenvalue weighted by atomic mass is 10.0. The number of fused-ring (bicyclic) bond motifs is 1. The minimum Gasteiger partial charge on any atom is -0.335 e. The Morgan fingerprint density at radius 2 is 1.62 bits per heavy atom. The van der Waals surface area contributed by atoms with Crippen molar-refractivity contribution in [3.05, 3.63) is 77.0 Å². The van der Waals surface area contributed by atoms with Crippen molar-refractivity contribution in [1.82, 2.24) is 29.2 Å². The normalized spacial score (nSPS) is 17.2. The molecule has 0 unspecified atom stereocenters. The van der Waals surface area contributed by atoms with E-state index in [0.29, 0.717) is 30.4 Å². The number of piperazine rings is 1. The van der Waals surface area contributed by atoms with Crippen molar-refractivity contribution in [2.45, 2.75) is 6.04 Å². The van der Waals surface area contributed by atoms with E-state index in [4.69, 9.17) is 0 Å². The second kappa shape index (κ2) is 8.66. The lowest BCUT2D eigenvalue weighted by molar-refractivity contribution is 0.00844. The number of hydrogen-bond donors (Lipinski definition) is 0. The van der Waals surface area contributed by atoms with Crippen LogP contribution < -0.4 is 0 Å². The highest BCUT2D eigenvalue weighted by Crippen LogP contribution is 2.22. The molecule has 2 aliphatic rings. The highest BCUT2D eigenvalue weighted by molar-refractivity contribution is 7.07. The molecule has 8 nitrogen and oxygen atoms in total. The van der Waals surface area contributed by atoms with Crippen LogP contribution >= 0.6 is 11.3 Å². The molecule has 2 aromatic heterocycles. The lowest BCUT2D eigenvalue weighted by Gasteiger charge is -2.48. The van der Waals surface area contributed by atoms with Crippen LogP contribution in [0.3, 0.4) is 0 Å². The second-order valence-corrected chi connectivity index (χ2v) is 9.43. The Bertz CT molecular complexity index is 1320. The minimum absolute atomic E-state index is 0.0125. The number of benzene rings is 2. The largest absolute Gasteiger partial charge is 0.335 e. The summed E-state index contributed by atoms with van der Waals surface area (Å²) in [4.78, 5) is 40.2. The van der Waals surface area contributed by atoms with Crippen LogP contribution in [0.4, 0.5) is 0 Å². The summed E-state index contributed by atoms with van der Waals surface area (Å²) >= 11 is 1.44. The van der Waals surface area contributed by atoms with E-state index in [2.05, 4.69) is 14.9 Å². The minimum atomic E-state index is 0.0125. The number of likely N-dealkylation sites (tertiary alicyclic amines) is 1. The van der Waals surface area contributed by atoms with Gasteiger partial charge in [0.05, 0.1) is 16.5 Å². The molecule has 0 saturated carbocycles. The maximum Gasteiger partial charge on any atom is 0.273 e. The van der Waals surface area contributed by atoms with Crippen LogP contribution in [0.5, 0.6) is 0 Å². The van der Waals surface area contributed by atoms with Gasteiger partial charge in [0.15, 0.2) is 0 Å². The Hall–Kier alpha value is -3.56. The van der Waals surface area contributed by atoms with Crippen molar-refractivity contribution in [3.63, 3.8) is 0 Å². The van der Waals surface area contributed by atoms with Gasteiger partial charge in [-0.25, -0.2) is 9.97 Å². The number of thiazole rings is 1. The zero-order valence-electron chi connectivity index (χ0n) is 18.6. The van der Waals surface area contributed by atoms with Crippen molar-refractivity contribution >= 4 is 34.2 Å². The molecule has 0 atom stereocenters. The molecule has 0 N–H and O–H groups in total. The van der Waals surface area contributed by atoms with Gasteiger partial charge < -0.3 is 9.80 Å². The van der Waals surface area contributed by atoms with Gasteiger partial charge in [0.1, 0.15) is 12.0 Å². The predicted molar refractivity (Wildman–Crippen MR) is 130 cm³/mol. The number of carbonyl (C=O) groups excluding carboxylic acids is 2. The molecule has 9 heteroatoms. The molecule has 0 radical (unpaired) electrons. The van der Waals surface area contributed by atoms with Crippen molar-refractivity contribution < 1.29 is 9.59 Å². The van der Waals surface area contributed by atoms with Crippen LogP contribution in [0.15, 0.2) is 65.7 Å². The fraction of sp³-hybridized carbons (Fsp3) is 0.280. The van der Waals surface area contributed by atoms with E-state index in [0.717, 1.165) is 42.9 Å². The first kappa shape index (κ1) is 21.0. The highest BCUT2D eigenvalue weighted by Gasteiger charge is 2.37. The van der Waals surface area contributed by atoms with Gasteiger partial charge in [-0.2, -0.15) is 0 Å². The van der Waals surface area contributed by atoms with Crippen LogP contribution in [-0.4, -0.2) is 86.4 Å². The molecule has 2 aromatic carbocycles. The Balaban J connectivity index is 1.03. The monoisotopic (exact) mass is 472 g/mol. The standard InChI is InChI=1S/C25H24N6O2S/c32-24(18-5-7-19(8-6-18)31-16-26-21-3-1-2-4-23(21)31)30-13-20(14-30)28-9-11-29(12-10-28)25(33)22-15-34-17-27-22/h1-8,15-17,20H,9-14H2. The van der Waals surface area contributed by atoms with E-state index in [9.17, 15) is 9.59 Å². The van der Waals surface area contributed by atoms with Crippen molar-refractivity contribution in [2.75, 3.05) is 39.3 Å². The summed E-state index contributed by atoms with van der Waals surface area (Å²) in [5.74, 6) is 0.0779. The summed E-state index contributed by atoms with van der Waals surface area (Å²) in [5, 5.41) is 1.80. The third-order valence-electron chi connectivity index (χ3n) is 6.76. The molecule has 0 bridgehead atoms. The Labute approximate surface area is 201 Å². The van der Waals surface area contributed by atoms with E-state index < -0.39 is 0 Å². The number of aromatic nitrogens is 3. The van der Waals surface area contributed by atoms with E-state index in [1.807, 2.05) is 69.2 Å². The number of rotatable bonds is 4. The first-order valence-corrected chi connectivity index (χ1v) is 12.3. The molecule has 6 rings (SSSR count). The third-order valence-corrected chi connectivity index (χ3v) is 7.35. The molecule has 172 valence electrons. The maximum atomic E-state index is 13.0. The zero-order valence-corrected chi connectivity index (χ0v) is 19.4. The third kappa shape index (κ3) is 3.76. The van der Waals surface area contributed by atoms with Gasteiger partial charge in [0.25, 0.3) is 11.8 Å². The van der Waals surface area contributed by atoms with Crippen molar-refractivity contribution in [2.24, 2.45) is 0 Å². The first-order valence-electron chi connectivity index (χ1n) is 11.4. The number of nitrogens with zero attached hydrogens (tertiary/aromatic N) is 6. The summed E-state index contributed by atoms with van der Waals surface area (Å²) in [5.41, 5.74) is 5.90. The number of para-hydroxylation sites is 2. The molecule has 2 aliphatic heterocycles. The van der Waals surface area contributed by atoms with Gasteiger partial charge in [-0.3, -0.25) is 19.1 Å². The van der Waals surface area contributed by atoms with E-state index in [1.165, 1.54) is 11.3 Å². The molecule has 4 aromatic rings. The quantitative estimate of drug-likeness (QED) is 0.457. The number of hydrogen-bond acceptors (Lipinski definition) is 6. The molecule has 2 saturated heterocycles. The highest BCUT2D eigenvalue weighted by atomic mass is 32.1. The second-order valence-electron chi connectivity index (χ2n) is 8.72. The SMILES string of the molecule is O=C(c1ccc(-n2cnc3ccccc32)cc1)N1CC(N2CCN(C(=O)c3cscn3)CC2)C1. The fourth-order valence-corrected chi connectivity index (χ4v) is 5.26. The molecule has 4 heterocycles. The van der Waals surface area contributed by atoms with Crippen LogP contribution in [0.25, 0.3) is 16.7 Å². The summed E-state index contributed by atoms with van der Waals surface area (Å²) in [6, 6.07) is 16.1. The van der Waals surface area contributed by atoms with Gasteiger partial charge in [-0.15, -0.1) is 11.3 Å². The molecule has 2 fully saturated rings. The Morgan fingerprint density at radius 1 is 0.853 bits per heavy atom. The van der Waals surface area contributed by atoms with Gasteiger partial charge in [0, 0.05) is 61.9 Å². The van der Waals surface area contributed by atoms with E-state index >= 15 is 0 Å². The average Bonchev–Trinajstić information content (AvgIpc) is 3.54. The van der Waals surface area contributed by atoms with Gasteiger partial charge in [-0.05, 0) is 36.4 Å². The molecule has 34 heavy (non-hydrogen) atoms. The number of carbonyl (C=O) groups is 2. The van der Waals surface area contributed by atoms with Gasteiger partial charge in [-0.1, -0.05) is 12.1 Å². The molecule has 0 aliphatic carbocycles. The van der Waals surface area contributed by atoms with Crippen LogP contribution in [0, 0.1) is 0 Å². The van der Waals surface area contributed by atoms with Gasteiger partial charge >= 0.3 is 0 Å². The Kier molecular flexibility index (Phi) is 5.35. The number of imidazole rings is 1. The molecule has 0 spiro atoms. The zero-order chi connectivity index (χ0) is 23.1. The fourth-order valence-electron chi connectivity index (χ4n) is 4.73. The van der Waals surface area contributed by atoms with Crippen molar-refractivity contribution in [1.29, 1.82) is 0 Å². The molecule has 2 amide bonds. The van der Waals surface area contributed by atoms with Crippen LogP contribution in [-0.2, 0) is 0 Å². The first-order chi connectivity index (χ1) is 16.7. The van der Waals surface area contributed by atoms with Gasteiger partial charge in [0.2, 0.25) is 0 Å². The maximum absolute atomic E-state index is 13.0. The lowest BCUT2D eigenvalue weighted by Crippen LogP contribution is -2.64. The Morgan fingerprint density at radius 3 is 2.35 bits per heavy atom. The average molecular weight is 473 g/mol. The number of amides is 2. The van der Waals surface area contributed by atoms with E-state index in [-0.39, 0.29) is 11.8 Å².